The van der Waals surface area contributed by atoms with Crippen molar-refractivity contribution < 1.29 is 14.3 Å². The summed E-state index contributed by atoms with van der Waals surface area (Å²) in [5, 5.41) is 0. The smallest absolute Gasteiger partial charge is 0.302 e. The number of rotatable bonds is 1. The van der Waals surface area contributed by atoms with E-state index in [0.717, 1.165) is 44.1 Å². The number of fused-ring (bicyclic) bond motifs is 5. The summed E-state index contributed by atoms with van der Waals surface area (Å²) in [5.41, 5.74) is 1.38. The molecule has 0 amide bonds. The predicted octanol–water partition coefficient (Wildman–Crippen LogP) is 6.11. The number of hydrogen-bond donors (Lipinski definition) is 0. The van der Waals surface area contributed by atoms with Crippen LogP contribution in [-0.4, -0.2) is 17.9 Å². The topological polar surface area (TPSA) is 43.4 Å². The standard InChI is InChI=1S/C26H40O3/c1-16-10-14-25(6)18(22(16)28)8-9-20-24(5)13-12-21(29-17(2)27)23(3,4)19(24)11-15-26(20,25)7/h18-21H,1,8-15H2,2-7H3/t18?,19?,20?,21-,24-,25+,26+/m0/s1. The third kappa shape index (κ3) is 2.67. The minimum Gasteiger partial charge on any atom is -0.462 e. The van der Waals surface area contributed by atoms with Gasteiger partial charge >= 0.3 is 5.97 Å². The Morgan fingerprint density at radius 2 is 1.62 bits per heavy atom. The van der Waals surface area contributed by atoms with Crippen molar-refractivity contribution in [2.45, 2.75) is 99.0 Å². The van der Waals surface area contributed by atoms with Gasteiger partial charge in [0.25, 0.3) is 0 Å². The van der Waals surface area contributed by atoms with Crippen LogP contribution in [0.3, 0.4) is 0 Å². The van der Waals surface area contributed by atoms with Crippen molar-refractivity contribution in [1.29, 1.82) is 0 Å². The molecule has 0 radical (unpaired) electrons. The number of allylic oxidation sites excluding steroid dienone is 1. The van der Waals surface area contributed by atoms with Crippen LogP contribution < -0.4 is 0 Å². The zero-order valence-corrected chi connectivity index (χ0v) is 19.4. The lowest BCUT2D eigenvalue weighted by molar-refractivity contribution is -0.230. The number of esters is 1. The lowest BCUT2D eigenvalue weighted by atomic mass is 9.34. The second-order valence-corrected chi connectivity index (χ2v) is 12.0. The first kappa shape index (κ1) is 21.1. The number of carbonyl (C=O) groups is 2. The van der Waals surface area contributed by atoms with Crippen LogP contribution in [0.25, 0.3) is 0 Å². The molecule has 0 spiro atoms. The molecule has 162 valence electrons. The monoisotopic (exact) mass is 400 g/mol. The summed E-state index contributed by atoms with van der Waals surface area (Å²) in [5.74, 6) is 1.55. The van der Waals surface area contributed by atoms with Gasteiger partial charge in [0.1, 0.15) is 6.10 Å². The molecule has 0 saturated heterocycles. The van der Waals surface area contributed by atoms with Crippen molar-refractivity contribution in [2.75, 3.05) is 0 Å². The van der Waals surface area contributed by atoms with E-state index in [0.29, 0.717) is 17.6 Å². The molecule has 0 heterocycles. The van der Waals surface area contributed by atoms with Crippen LogP contribution in [0.15, 0.2) is 12.2 Å². The molecule has 3 nitrogen and oxygen atoms in total. The Hall–Kier alpha value is -1.12. The highest BCUT2D eigenvalue weighted by Gasteiger charge is 2.68. The number of hydrogen-bond acceptors (Lipinski definition) is 3. The van der Waals surface area contributed by atoms with Crippen molar-refractivity contribution in [3.8, 4) is 0 Å². The van der Waals surface area contributed by atoms with Gasteiger partial charge in [-0.2, -0.15) is 0 Å². The summed E-state index contributed by atoms with van der Waals surface area (Å²) in [6, 6.07) is 0. The highest BCUT2D eigenvalue weighted by Crippen LogP contribution is 2.73. The van der Waals surface area contributed by atoms with Crippen LogP contribution in [-0.2, 0) is 14.3 Å². The van der Waals surface area contributed by atoms with Crippen molar-refractivity contribution in [3.63, 3.8) is 0 Å². The molecular formula is C26H40O3. The van der Waals surface area contributed by atoms with Gasteiger partial charge in [-0.25, -0.2) is 0 Å². The molecule has 0 N–H and O–H groups in total. The molecule has 4 fully saturated rings. The average molecular weight is 401 g/mol. The summed E-state index contributed by atoms with van der Waals surface area (Å²) in [7, 11) is 0. The van der Waals surface area contributed by atoms with Crippen LogP contribution in [0.5, 0.6) is 0 Å². The van der Waals surface area contributed by atoms with Gasteiger partial charge in [0.15, 0.2) is 5.78 Å². The van der Waals surface area contributed by atoms with E-state index in [1.165, 1.54) is 19.8 Å². The van der Waals surface area contributed by atoms with Crippen molar-refractivity contribution in [2.24, 2.45) is 39.4 Å². The van der Waals surface area contributed by atoms with Gasteiger partial charge in [0, 0.05) is 18.3 Å². The van der Waals surface area contributed by atoms with Gasteiger partial charge in [-0.15, -0.1) is 0 Å². The molecule has 0 aromatic heterocycles. The number of Topliss-reactive ketones (excluding diaryl/α,β-unsaturated/α-hetero) is 1. The number of ketones is 1. The van der Waals surface area contributed by atoms with Crippen molar-refractivity contribution >= 4 is 11.8 Å². The Labute approximate surface area is 177 Å². The normalized spacial score (nSPS) is 48.9. The highest BCUT2D eigenvalue weighted by atomic mass is 16.5. The Morgan fingerprint density at radius 1 is 0.931 bits per heavy atom. The maximum Gasteiger partial charge on any atom is 0.302 e. The van der Waals surface area contributed by atoms with E-state index in [2.05, 4.69) is 41.2 Å². The highest BCUT2D eigenvalue weighted by molar-refractivity contribution is 5.98. The van der Waals surface area contributed by atoms with Crippen LogP contribution >= 0.6 is 0 Å². The van der Waals surface area contributed by atoms with E-state index in [1.54, 1.807) is 0 Å². The Kier molecular flexibility index (Phi) is 4.69. The van der Waals surface area contributed by atoms with Gasteiger partial charge in [-0.1, -0.05) is 41.2 Å². The Balaban J connectivity index is 1.70. The molecular weight excluding hydrogens is 360 g/mol. The quantitative estimate of drug-likeness (QED) is 0.394. The van der Waals surface area contributed by atoms with Crippen molar-refractivity contribution in [1.82, 2.24) is 0 Å². The van der Waals surface area contributed by atoms with E-state index >= 15 is 0 Å². The molecule has 3 heteroatoms. The molecule has 0 bridgehead atoms. The summed E-state index contributed by atoms with van der Waals surface area (Å²) in [6.45, 7) is 17.7. The van der Waals surface area contributed by atoms with Gasteiger partial charge in [0.05, 0.1) is 0 Å². The maximum absolute atomic E-state index is 13.0. The molecule has 4 aliphatic rings. The fourth-order valence-corrected chi connectivity index (χ4v) is 8.98. The van der Waals surface area contributed by atoms with Gasteiger partial charge in [-0.3, -0.25) is 9.59 Å². The number of carbonyl (C=O) groups excluding carboxylic acids is 2. The van der Waals surface area contributed by atoms with Crippen LogP contribution in [0.2, 0.25) is 0 Å². The van der Waals surface area contributed by atoms with Gasteiger partial charge in [-0.05, 0) is 85.0 Å². The maximum atomic E-state index is 13.0. The summed E-state index contributed by atoms with van der Waals surface area (Å²) in [6.07, 6.45) is 8.61. The molecule has 3 unspecified atom stereocenters. The predicted molar refractivity (Wildman–Crippen MR) is 115 cm³/mol. The third-order valence-electron chi connectivity index (χ3n) is 10.7. The fraction of sp³-hybridized carbons (Fsp3) is 0.846. The molecule has 4 aliphatic carbocycles. The lowest BCUT2D eigenvalue weighted by Gasteiger charge is -2.70. The summed E-state index contributed by atoms with van der Waals surface area (Å²) < 4.78 is 5.80. The second-order valence-electron chi connectivity index (χ2n) is 12.0. The first-order chi connectivity index (χ1) is 13.4. The number of ether oxygens (including phenoxy) is 1. The largest absolute Gasteiger partial charge is 0.462 e. The molecule has 0 aromatic carbocycles. The molecule has 4 rings (SSSR count). The summed E-state index contributed by atoms with van der Waals surface area (Å²) >= 11 is 0. The van der Waals surface area contributed by atoms with Gasteiger partial charge < -0.3 is 4.74 Å². The van der Waals surface area contributed by atoms with E-state index < -0.39 is 0 Å². The van der Waals surface area contributed by atoms with Crippen LogP contribution in [0.4, 0.5) is 0 Å². The molecule has 4 saturated carbocycles. The van der Waals surface area contributed by atoms with Crippen LogP contribution in [0.1, 0.15) is 92.9 Å². The Morgan fingerprint density at radius 3 is 2.28 bits per heavy atom. The zero-order chi connectivity index (χ0) is 21.4. The van der Waals surface area contributed by atoms with E-state index in [9.17, 15) is 9.59 Å². The molecule has 0 aliphatic heterocycles. The SMILES string of the molecule is C=C1CC[C@]2(C)C(CCC3[C@@]4(C)CC[C@H](OC(C)=O)C(C)(C)C4CC[C@]32C)C1=O. The molecule has 29 heavy (non-hydrogen) atoms. The molecule has 7 atom stereocenters. The van der Waals surface area contributed by atoms with E-state index in [4.69, 9.17) is 4.74 Å². The third-order valence-corrected chi connectivity index (χ3v) is 10.7. The minimum atomic E-state index is -0.152. The summed E-state index contributed by atoms with van der Waals surface area (Å²) in [4.78, 5) is 24.8. The first-order valence-electron chi connectivity index (χ1n) is 11.8. The zero-order valence-electron chi connectivity index (χ0n) is 19.4. The molecule has 0 aromatic rings. The minimum absolute atomic E-state index is 0.00553. The fourth-order valence-electron chi connectivity index (χ4n) is 8.98. The lowest BCUT2D eigenvalue weighted by Crippen LogP contribution is -2.65. The Bertz CT molecular complexity index is 751. The average Bonchev–Trinajstić information content (AvgIpc) is 2.62. The van der Waals surface area contributed by atoms with Crippen LogP contribution in [0, 0.1) is 39.4 Å². The first-order valence-corrected chi connectivity index (χ1v) is 11.8. The van der Waals surface area contributed by atoms with E-state index in [-0.39, 0.29) is 39.7 Å². The van der Waals surface area contributed by atoms with E-state index in [1.807, 2.05) is 0 Å². The van der Waals surface area contributed by atoms with Gasteiger partial charge in [0.2, 0.25) is 0 Å². The van der Waals surface area contributed by atoms with Crippen molar-refractivity contribution in [3.05, 3.63) is 12.2 Å². The second kappa shape index (κ2) is 6.44.